The zero-order valence-corrected chi connectivity index (χ0v) is 17.9. The van der Waals surface area contributed by atoms with Crippen molar-refractivity contribution in [2.24, 2.45) is 0 Å². The number of carbonyl (C=O) groups excluding carboxylic acids is 3. The first-order valence-electron chi connectivity index (χ1n) is 9.54. The van der Waals surface area contributed by atoms with Crippen LogP contribution in [0.5, 0.6) is 0 Å². The number of aryl methyl sites for hydroxylation is 1. The largest absolute Gasteiger partial charge is 0.461 e. The molecule has 3 rings (SSSR count). The van der Waals surface area contributed by atoms with E-state index in [4.69, 9.17) is 4.74 Å². The molecule has 3 heterocycles. The second-order valence-corrected chi connectivity index (χ2v) is 7.68. The van der Waals surface area contributed by atoms with Crippen LogP contribution in [0.1, 0.15) is 54.4 Å². The number of rotatable bonds is 8. The Kier molecular flexibility index (Phi) is 6.79. The first kappa shape index (κ1) is 21.4. The van der Waals surface area contributed by atoms with Gasteiger partial charge in [0.05, 0.1) is 30.3 Å². The summed E-state index contributed by atoms with van der Waals surface area (Å²) in [6.07, 6.45) is 1.65. The number of Topliss-reactive ketones (excluding diaryl/α,β-unsaturated/α-hetero) is 1. The van der Waals surface area contributed by atoms with Crippen LogP contribution in [0.3, 0.4) is 0 Å². The van der Waals surface area contributed by atoms with Crippen LogP contribution in [0.15, 0.2) is 41.9 Å². The van der Waals surface area contributed by atoms with Crippen molar-refractivity contribution in [1.82, 2.24) is 14.9 Å². The molecule has 0 spiro atoms. The molecule has 0 bridgehead atoms. The fourth-order valence-electron chi connectivity index (χ4n) is 3.27. The van der Waals surface area contributed by atoms with Crippen molar-refractivity contribution in [1.29, 1.82) is 0 Å². The van der Waals surface area contributed by atoms with Crippen molar-refractivity contribution < 1.29 is 19.1 Å². The van der Waals surface area contributed by atoms with Crippen LogP contribution in [0, 0.1) is 13.8 Å². The van der Waals surface area contributed by atoms with Crippen molar-refractivity contribution >= 4 is 29.0 Å². The minimum absolute atomic E-state index is 0.130. The number of aromatic amines is 1. The molecular formula is C22H23N3O4S. The van der Waals surface area contributed by atoms with E-state index >= 15 is 0 Å². The van der Waals surface area contributed by atoms with Gasteiger partial charge in [-0.05, 0) is 49.9 Å². The van der Waals surface area contributed by atoms with Gasteiger partial charge in [0.25, 0.3) is 5.91 Å². The maximum Gasteiger partial charge on any atom is 0.355 e. The van der Waals surface area contributed by atoms with Crippen molar-refractivity contribution in [2.75, 3.05) is 13.2 Å². The minimum atomic E-state index is -0.503. The lowest BCUT2D eigenvalue weighted by molar-refractivity contribution is 0.0519. The third kappa shape index (κ3) is 4.65. The smallest absolute Gasteiger partial charge is 0.355 e. The van der Waals surface area contributed by atoms with Gasteiger partial charge in [-0.15, -0.1) is 11.3 Å². The zero-order chi connectivity index (χ0) is 21.7. The average Bonchev–Trinajstić information content (AvgIpc) is 3.36. The number of hydrogen-bond acceptors (Lipinski definition) is 6. The molecule has 0 unspecified atom stereocenters. The number of ether oxygens (including phenoxy) is 1. The van der Waals surface area contributed by atoms with E-state index < -0.39 is 5.97 Å². The molecule has 1 amide bonds. The Bertz CT molecular complexity index is 1040. The monoisotopic (exact) mass is 425 g/mol. The molecule has 3 aromatic heterocycles. The predicted octanol–water partition coefficient (Wildman–Crippen LogP) is 3.79. The number of amides is 1. The number of nitrogens with one attached hydrogen (secondary N) is 1. The van der Waals surface area contributed by atoms with Gasteiger partial charge in [0.15, 0.2) is 5.78 Å². The Morgan fingerprint density at radius 1 is 1.17 bits per heavy atom. The SMILES string of the molecule is CCOC(=O)c1[nH]c(C)c(C(=O)CN(Cc2ccccn2)C(=O)c2cccs2)c1C. The highest BCUT2D eigenvalue weighted by molar-refractivity contribution is 7.12. The summed E-state index contributed by atoms with van der Waals surface area (Å²) in [5.74, 6) is -0.991. The van der Waals surface area contributed by atoms with Crippen molar-refractivity contribution in [2.45, 2.75) is 27.3 Å². The predicted molar refractivity (Wildman–Crippen MR) is 114 cm³/mol. The van der Waals surface area contributed by atoms with Crippen LogP contribution in [0.25, 0.3) is 0 Å². The maximum atomic E-state index is 13.2. The number of aromatic nitrogens is 2. The Balaban J connectivity index is 1.88. The van der Waals surface area contributed by atoms with Gasteiger partial charge in [-0.2, -0.15) is 0 Å². The first-order valence-corrected chi connectivity index (χ1v) is 10.4. The molecule has 0 aliphatic carbocycles. The molecule has 7 nitrogen and oxygen atoms in total. The maximum absolute atomic E-state index is 13.2. The van der Waals surface area contributed by atoms with Crippen LogP contribution >= 0.6 is 11.3 Å². The summed E-state index contributed by atoms with van der Waals surface area (Å²) in [6.45, 7) is 5.47. The highest BCUT2D eigenvalue weighted by Gasteiger charge is 2.26. The summed E-state index contributed by atoms with van der Waals surface area (Å²) in [5, 5.41) is 1.82. The Morgan fingerprint density at radius 3 is 2.60 bits per heavy atom. The van der Waals surface area contributed by atoms with Crippen LogP contribution in [0.4, 0.5) is 0 Å². The van der Waals surface area contributed by atoms with E-state index in [-0.39, 0.29) is 37.1 Å². The molecule has 0 aliphatic heterocycles. The van der Waals surface area contributed by atoms with Gasteiger partial charge in [0.1, 0.15) is 5.69 Å². The van der Waals surface area contributed by atoms with Gasteiger partial charge in [-0.1, -0.05) is 12.1 Å². The van der Waals surface area contributed by atoms with Crippen LogP contribution in [0.2, 0.25) is 0 Å². The lowest BCUT2D eigenvalue weighted by Gasteiger charge is -2.21. The molecule has 3 aromatic rings. The zero-order valence-electron chi connectivity index (χ0n) is 17.1. The van der Waals surface area contributed by atoms with Crippen molar-refractivity contribution in [3.63, 3.8) is 0 Å². The molecule has 0 aromatic carbocycles. The van der Waals surface area contributed by atoms with E-state index in [0.717, 1.165) is 0 Å². The van der Waals surface area contributed by atoms with E-state index in [1.54, 1.807) is 45.2 Å². The molecule has 0 aliphatic rings. The number of pyridine rings is 1. The second kappa shape index (κ2) is 9.49. The average molecular weight is 426 g/mol. The minimum Gasteiger partial charge on any atom is -0.461 e. The van der Waals surface area contributed by atoms with E-state index in [2.05, 4.69) is 9.97 Å². The third-order valence-electron chi connectivity index (χ3n) is 4.63. The Labute approximate surface area is 178 Å². The molecule has 8 heteroatoms. The van der Waals surface area contributed by atoms with Gasteiger partial charge in [0.2, 0.25) is 0 Å². The summed E-state index contributed by atoms with van der Waals surface area (Å²) in [7, 11) is 0. The Hall–Kier alpha value is -3.26. The van der Waals surface area contributed by atoms with Crippen LogP contribution in [-0.4, -0.2) is 45.7 Å². The molecule has 0 atom stereocenters. The molecule has 1 N–H and O–H groups in total. The van der Waals surface area contributed by atoms with Gasteiger partial charge in [0, 0.05) is 17.5 Å². The summed E-state index contributed by atoms with van der Waals surface area (Å²) in [5.41, 5.74) is 2.45. The summed E-state index contributed by atoms with van der Waals surface area (Å²) in [6, 6.07) is 8.97. The summed E-state index contributed by atoms with van der Waals surface area (Å²) >= 11 is 1.32. The lowest BCUT2D eigenvalue weighted by atomic mass is 10.0. The highest BCUT2D eigenvalue weighted by Crippen LogP contribution is 2.21. The number of nitrogens with zero attached hydrogens (tertiary/aromatic N) is 2. The van der Waals surface area contributed by atoms with Gasteiger partial charge < -0.3 is 14.6 Å². The topological polar surface area (TPSA) is 92.4 Å². The molecule has 0 radical (unpaired) electrons. The fourth-order valence-corrected chi connectivity index (χ4v) is 3.96. The number of thiophene rings is 1. The lowest BCUT2D eigenvalue weighted by Crippen LogP contribution is -2.35. The molecule has 156 valence electrons. The number of H-pyrrole nitrogens is 1. The van der Waals surface area contributed by atoms with Gasteiger partial charge >= 0.3 is 5.97 Å². The Morgan fingerprint density at radius 2 is 1.97 bits per heavy atom. The molecule has 0 fully saturated rings. The number of ketones is 1. The van der Waals surface area contributed by atoms with E-state index in [1.807, 2.05) is 17.5 Å². The fraction of sp³-hybridized carbons (Fsp3) is 0.273. The van der Waals surface area contributed by atoms with E-state index in [0.29, 0.717) is 27.4 Å². The number of carbonyl (C=O) groups is 3. The molecule has 0 saturated heterocycles. The second-order valence-electron chi connectivity index (χ2n) is 6.73. The van der Waals surface area contributed by atoms with E-state index in [1.165, 1.54) is 16.2 Å². The summed E-state index contributed by atoms with van der Waals surface area (Å²) < 4.78 is 5.05. The van der Waals surface area contributed by atoms with E-state index in [9.17, 15) is 14.4 Å². The van der Waals surface area contributed by atoms with Gasteiger partial charge in [-0.25, -0.2) is 4.79 Å². The van der Waals surface area contributed by atoms with Crippen molar-refractivity contribution in [3.8, 4) is 0 Å². The third-order valence-corrected chi connectivity index (χ3v) is 5.49. The highest BCUT2D eigenvalue weighted by atomic mass is 32.1. The first-order chi connectivity index (χ1) is 14.4. The normalized spacial score (nSPS) is 10.6. The molecule has 30 heavy (non-hydrogen) atoms. The van der Waals surface area contributed by atoms with Crippen LogP contribution in [-0.2, 0) is 11.3 Å². The molecule has 0 saturated carbocycles. The van der Waals surface area contributed by atoms with Gasteiger partial charge in [-0.3, -0.25) is 14.6 Å². The standard InChI is InChI=1S/C22H23N3O4S/c1-4-29-22(28)20-14(2)19(15(3)24-20)17(26)13-25(12-16-8-5-6-10-23-16)21(27)18-9-7-11-30-18/h5-11,24H,4,12-13H2,1-3H3. The quantitative estimate of drug-likeness (QED) is 0.438. The van der Waals surface area contributed by atoms with Crippen LogP contribution < -0.4 is 0 Å². The summed E-state index contributed by atoms with van der Waals surface area (Å²) in [4.78, 5) is 47.6. The number of hydrogen-bond donors (Lipinski definition) is 1. The van der Waals surface area contributed by atoms with Crippen molar-refractivity contribution in [3.05, 3.63) is 75.0 Å². The molecular weight excluding hydrogens is 402 g/mol. The number of esters is 1.